The predicted molar refractivity (Wildman–Crippen MR) is 83.5 cm³/mol. The Hall–Kier alpha value is -1.62. The third kappa shape index (κ3) is 3.73. The second-order valence-corrected chi connectivity index (χ2v) is 6.21. The number of rotatable bonds is 6. The Morgan fingerprint density at radius 3 is 2.57 bits per heavy atom. The van der Waals surface area contributed by atoms with E-state index in [0.717, 1.165) is 12.2 Å². The highest BCUT2D eigenvalue weighted by molar-refractivity contribution is 5.56. The van der Waals surface area contributed by atoms with Crippen LogP contribution >= 0.6 is 0 Å². The molecule has 0 heterocycles. The van der Waals surface area contributed by atoms with E-state index in [-0.39, 0.29) is 12.3 Å². The molecule has 0 radical (unpaired) electrons. The lowest BCUT2D eigenvalue weighted by atomic mass is 10.1. The van der Waals surface area contributed by atoms with Gasteiger partial charge in [-0.3, -0.25) is 10.1 Å². The van der Waals surface area contributed by atoms with E-state index in [9.17, 15) is 15.2 Å². The van der Waals surface area contributed by atoms with Gasteiger partial charge in [0.15, 0.2) is 0 Å². The number of benzene rings is 1. The maximum Gasteiger partial charge on any atom is 0.275 e. The van der Waals surface area contributed by atoms with Crippen LogP contribution in [0.1, 0.15) is 45.1 Å². The number of nitro groups is 1. The summed E-state index contributed by atoms with van der Waals surface area (Å²) in [5.41, 5.74) is 1.38. The fourth-order valence-corrected chi connectivity index (χ4v) is 3.13. The standard InChI is InChI=1S/C16H24N2O3/c1-12(2)10-17(14-5-3-4-6-14)15-7-8-16(18(20)21)13(9-15)11-19/h7-9,12,14,19H,3-6,10-11H2,1-2H3. The third-order valence-electron chi connectivity index (χ3n) is 4.09. The summed E-state index contributed by atoms with van der Waals surface area (Å²) in [5.74, 6) is 0.526. The van der Waals surface area contributed by atoms with Crippen molar-refractivity contribution in [2.24, 2.45) is 5.92 Å². The number of nitrogens with zero attached hydrogens (tertiary/aromatic N) is 2. The zero-order chi connectivity index (χ0) is 15.4. The molecule has 1 fully saturated rings. The first-order valence-corrected chi connectivity index (χ1v) is 7.67. The number of hydrogen-bond donors (Lipinski definition) is 1. The molecule has 0 bridgehead atoms. The molecule has 5 nitrogen and oxygen atoms in total. The second-order valence-electron chi connectivity index (χ2n) is 6.21. The van der Waals surface area contributed by atoms with Crippen molar-refractivity contribution < 1.29 is 10.0 Å². The Bertz CT molecular complexity index is 496. The van der Waals surface area contributed by atoms with Gasteiger partial charge in [-0.25, -0.2) is 0 Å². The summed E-state index contributed by atoms with van der Waals surface area (Å²) in [6, 6.07) is 5.63. The largest absolute Gasteiger partial charge is 0.391 e. The summed E-state index contributed by atoms with van der Waals surface area (Å²) >= 11 is 0. The Morgan fingerprint density at radius 1 is 1.38 bits per heavy atom. The Kier molecular flexibility index (Phi) is 5.17. The summed E-state index contributed by atoms with van der Waals surface area (Å²) in [5, 5.41) is 20.4. The number of aliphatic hydroxyl groups is 1. The van der Waals surface area contributed by atoms with Crippen LogP contribution in [0, 0.1) is 16.0 Å². The number of anilines is 1. The topological polar surface area (TPSA) is 66.6 Å². The molecule has 0 spiro atoms. The molecular weight excluding hydrogens is 268 g/mol. The van der Waals surface area contributed by atoms with E-state index in [0.29, 0.717) is 17.5 Å². The van der Waals surface area contributed by atoms with E-state index in [1.54, 1.807) is 6.07 Å². The summed E-state index contributed by atoms with van der Waals surface area (Å²) in [6.45, 7) is 5.00. The van der Waals surface area contributed by atoms with Gasteiger partial charge in [-0.1, -0.05) is 26.7 Å². The fraction of sp³-hybridized carbons (Fsp3) is 0.625. The van der Waals surface area contributed by atoms with Gasteiger partial charge >= 0.3 is 0 Å². The van der Waals surface area contributed by atoms with Crippen molar-refractivity contribution in [1.29, 1.82) is 0 Å². The molecule has 0 unspecified atom stereocenters. The van der Waals surface area contributed by atoms with Gasteiger partial charge in [0.25, 0.3) is 5.69 Å². The Labute approximate surface area is 125 Å². The van der Waals surface area contributed by atoms with Gasteiger partial charge in [0.1, 0.15) is 0 Å². The minimum absolute atomic E-state index is 0.00262. The van der Waals surface area contributed by atoms with Gasteiger partial charge in [-0.15, -0.1) is 0 Å². The van der Waals surface area contributed by atoms with Crippen LogP contribution in [0.2, 0.25) is 0 Å². The van der Waals surface area contributed by atoms with Crippen molar-refractivity contribution in [2.45, 2.75) is 52.2 Å². The van der Waals surface area contributed by atoms with Crippen molar-refractivity contribution in [2.75, 3.05) is 11.4 Å². The lowest BCUT2D eigenvalue weighted by Crippen LogP contribution is -2.36. The van der Waals surface area contributed by atoms with Crippen LogP contribution < -0.4 is 4.90 Å². The average molecular weight is 292 g/mol. The van der Waals surface area contributed by atoms with E-state index in [1.165, 1.54) is 31.7 Å². The van der Waals surface area contributed by atoms with Crippen molar-refractivity contribution in [3.8, 4) is 0 Å². The van der Waals surface area contributed by atoms with Crippen LogP contribution in [0.4, 0.5) is 11.4 Å². The van der Waals surface area contributed by atoms with Gasteiger partial charge in [0.2, 0.25) is 0 Å². The first kappa shape index (κ1) is 15.8. The molecule has 0 saturated heterocycles. The lowest BCUT2D eigenvalue weighted by molar-refractivity contribution is -0.385. The molecule has 0 aromatic heterocycles. The monoisotopic (exact) mass is 292 g/mol. The average Bonchev–Trinajstić information content (AvgIpc) is 2.97. The van der Waals surface area contributed by atoms with Crippen molar-refractivity contribution in [3.05, 3.63) is 33.9 Å². The minimum Gasteiger partial charge on any atom is -0.391 e. The summed E-state index contributed by atoms with van der Waals surface area (Å²) in [4.78, 5) is 12.9. The van der Waals surface area contributed by atoms with Crippen LogP contribution in [-0.4, -0.2) is 22.6 Å². The minimum atomic E-state index is -0.433. The van der Waals surface area contributed by atoms with Crippen LogP contribution in [0.25, 0.3) is 0 Å². The molecule has 0 atom stereocenters. The highest BCUT2D eigenvalue weighted by Crippen LogP contribution is 2.32. The van der Waals surface area contributed by atoms with Gasteiger partial charge < -0.3 is 10.0 Å². The second kappa shape index (κ2) is 6.89. The zero-order valence-corrected chi connectivity index (χ0v) is 12.8. The SMILES string of the molecule is CC(C)CN(c1ccc([N+](=O)[O-])c(CO)c1)C1CCCC1. The molecule has 1 N–H and O–H groups in total. The van der Waals surface area contributed by atoms with Crippen LogP contribution in [0.15, 0.2) is 18.2 Å². The molecule has 1 aliphatic carbocycles. The molecule has 5 heteroatoms. The third-order valence-corrected chi connectivity index (χ3v) is 4.09. The highest BCUT2D eigenvalue weighted by atomic mass is 16.6. The molecule has 21 heavy (non-hydrogen) atoms. The number of hydrogen-bond acceptors (Lipinski definition) is 4. The normalized spacial score (nSPS) is 15.6. The van der Waals surface area contributed by atoms with E-state index < -0.39 is 4.92 Å². The Morgan fingerprint density at radius 2 is 2.05 bits per heavy atom. The first-order valence-electron chi connectivity index (χ1n) is 7.67. The van der Waals surface area contributed by atoms with Crippen molar-refractivity contribution >= 4 is 11.4 Å². The maximum atomic E-state index is 11.0. The first-order chi connectivity index (χ1) is 10.0. The van der Waals surface area contributed by atoms with E-state index in [2.05, 4.69) is 18.7 Å². The molecule has 0 aliphatic heterocycles. The predicted octanol–water partition coefficient (Wildman–Crippen LogP) is 3.49. The highest BCUT2D eigenvalue weighted by Gasteiger charge is 2.25. The zero-order valence-electron chi connectivity index (χ0n) is 12.8. The molecule has 1 aliphatic rings. The molecule has 116 valence electrons. The maximum absolute atomic E-state index is 11.0. The van der Waals surface area contributed by atoms with Gasteiger partial charge in [-0.05, 0) is 30.9 Å². The number of nitro benzene ring substituents is 1. The van der Waals surface area contributed by atoms with E-state index in [4.69, 9.17) is 0 Å². The van der Waals surface area contributed by atoms with Crippen LogP contribution in [0.5, 0.6) is 0 Å². The lowest BCUT2D eigenvalue weighted by Gasteiger charge is -2.33. The molecule has 0 amide bonds. The summed E-state index contributed by atoms with van der Waals surface area (Å²) < 4.78 is 0. The molecular formula is C16H24N2O3. The van der Waals surface area contributed by atoms with Crippen LogP contribution in [-0.2, 0) is 6.61 Å². The number of aliphatic hydroxyl groups excluding tert-OH is 1. The quantitative estimate of drug-likeness (QED) is 0.644. The van der Waals surface area contributed by atoms with Gasteiger partial charge in [0.05, 0.1) is 17.1 Å². The van der Waals surface area contributed by atoms with Crippen molar-refractivity contribution in [3.63, 3.8) is 0 Å². The van der Waals surface area contributed by atoms with Crippen LogP contribution in [0.3, 0.4) is 0 Å². The summed E-state index contributed by atoms with van der Waals surface area (Å²) in [7, 11) is 0. The van der Waals surface area contributed by atoms with Gasteiger partial charge in [-0.2, -0.15) is 0 Å². The molecule has 1 saturated carbocycles. The van der Waals surface area contributed by atoms with E-state index in [1.807, 2.05) is 6.07 Å². The van der Waals surface area contributed by atoms with E-state index >= 15 is 0 Å². The molecule has 1 aromatic carbocycles. The van der Waals surface area contributed by atoms with Crippen molar-refractivity contribution in [1.82, 2.24) is 0 Å². The molecule has 2 rings (SSSR count). The fourth-order valence-electron chi connectivity index (χ4n) is 3.13. The summed E-state index contributed by atoms with van der Waals surface area (Å²) in [6.07, 6.45) is 4.86. The van der Waals surface area contributed by atoms with Gasteiger partial charge in [0, 0.05) is 24.3 Å². The molecule has 1 aromatic rings. The Balaban J connectivity index is 2.32. The smallest absolute Gasteiger partial charge is 0.275 e.